The summed E-state index contributed by atoms with van der Waals surface area (Å²) in [7, 11) is 0. The van der Waals surface area contributed by atoms with Crippen LogP contribution in [0.1, 0.15) is 32.8 Å². The number of hydrogen-bond donors (Lipinski definition) is 1. The Morgan fingerprint density at radius 1 is 1.29 bits per heavy atom. The SMILES string of the molecule is CCC(N)Cc1cc(Br)c(OCC(=O)OC(C)C)c(Br)c1. The van der Waals surface area contributed by atoms with Crippen LogP contribution < -0.4 is 10.5 Å². The van der Waals surface area contributed by atoms with Crippen molar-refractivity contribution >= 4 is 37.8 Å². The summed E-state index contributed by atoms with van der Waals surface area (Å²) in [5.74, 6) is 0.199. The second-order valence-corrected chi connectivity index (χ2v) is 6.80. The van der Waals surface area contributed by atoms with Crippen LogP contribution >= 0.6 is 31.9 Å². The van der Waals surface area contributed by atoms with Crippen molar-refractivity contribution in [2.75, 3.05) is 6.61 Å². The molecular weight excluding hydrogens is 402 g/mol. The van der Waals surface area contributed by atoms with Gasteiger partial charge in [-0.2, -0.15) is 0 Å². The Kier molecular flexibility index (Phi) is 7.70. The molecule has 0 amide bonds. The maximum atomic E-state index is 11.5. The molecule has 0 fully saturated rings. The summed E-state index contributed by atoms with van der Waals surface area (Å²) < 4.78 is 12.1. The van der Waals surface area contributed by atoms with Gasteiger partial charge in [0.25, 0.3) is 0 Å². The molecule has 21 heavy (non-hydrogen) atoms. The van der Waals surface area contributed by atoms with Gasteiger partial charge in [0.1, 0.15) is 5.75 Å². The van der Waals surface area contributed by atoms with E-state index in [1.54, 1.807) is 13.8 Å². The second kappa shape index (κ2) is 8.76. The lowest BCUT2D eigenvalue weighted by atomic mass is 10.0. The third kappa shape index (κ3) is 6.36. The average molecular weight is 423 g/mol. The average Bonchev–Trinajstić information content (AvgIpc) is 2.36. The van der Waals surface area contributed by atoms with E-state index in [0.29, 0.717) is 5.75 Å². The molecule has 0 radical (unpaired) electrons. The van der Waals surface area contributed by atoms with E-state index in [0.717, 1.165) is 27.4 Å². The zero-order valence-electron chi connectivity index (χ0n) is 12.5. The van der Waals surface area contributed by atoms with Crippen molar-refractivity contribution in [3.05, 3.63) is 26.6 Å². The molecule has 1 atom stereocenters. The highest BCUT2D eigenvalue weighted by Crippen LogP contribution is 2.35. The summed E-state index contributed by atoms with van der Waals surface area (Å²) in [4.78, 5) is 11.5. The van der Waals surface area contributed by atoms with Crippen LogP contribution in [0.4, 0.5) is 0 Å². The highest BCUT2D eigenvalue weighted by atomic mass is 79.9. The van der Waals surface area contributed by atoms with Crippen LogP contribution in [0.5, 0.6) is 5.75 Å². The number of halogens is 2. The van der Waals surface area contributed by atoms with Crippen molar-refractivity contribution in [2.45, 2.75) is 45.8 Å². The van der Waals surface area contributed by atoms with Crippen molar-refractivity contribution < 1.29 is 14.3 Å². The molecular formula is C15H21Br2NO3. The molecule has 1 aromatic rings. The minimum atomic E-state index is -0.388. The summed E-state index contributed by atoms with van der Waals surface area (Å²) in [6.45, 7) is 5.54. The number of carbonyl (C=O) groups is 1. The lowest BCUT2D eigenvalue weighted by Crippen LogP contribution is -2.21. The smallest absolute Gasteiger partial charge is 0.344 e. The molecule has 6 heteroatoms. The molecule has 0 heterocycles. The summed E-state index contributed by atoms with van der Waals surface area (Å²) in [5.41, 5.74) is 7.08. The van der Waals surface area contributed by atoms with Crippen LogP contribution in [0, 0.1) is 0 Å². The third-order valence-electron chi connectivity index (χ3n) is 2.78. The topological polar surface area (TPSA) is 61.5 Å². The number of benzene rings is 1. The van der Waals surface area contributed by atoms with Gasteiger partial charge in [-0.1, -0.05) is 6.92 Å². The lowest BCUT2D eigenvalue weighted by molar-refractivity contribution is -0.149. The van der Waals surface area contributed by atoms with Gasteiger partial charge in [0, 0.05) is 6.04 Å². The third-order valence-corrected chi connectivity index (χ3v) is 3.96. The number of rotatable bonds is 7. The summed E-state index contributed by atoms with van der Waals surface area (Å²) >= 11 is 6.93. The molecule has 0 aliphatic rings. The van der Waals surface area contributed by atoms with Gasteiger partial charge in [0.2, 0.25) is 0 Å². The predicted molar refractivity (Wildman–Crippen MR) is 90.5 cm³/mol. The molecule has 0 spiro atoms. The lowest BCUT2D eigenvalue weighted by Gasteiger charge is -2.14. The van der Waals surface area contributed by atoms with Crippen LogP contribution in [0.2, 0.25) is 0 Å². The Hall–Kier alpha value is -0.590. The fourth-order valence-electron chi connectivity index (χ4n) is 1.74. The van der Waals surface area contributed by atoms with E-state index < -0.39 is 0 Å². The molecule has 1 unspecified atom stereocenters. The van der Waals surface area contributed by atoms with E-state index in [4.69, 9.17) is 15.2 Å². The number of nitrogens with two attached hydrogens (primary N) is 1. The normalized spacial score (nSPS) is 12.3. The number of carbonyl (C=O) groups excluding carboxylic acids is 1. The molecule has 2 N–H and O–H groups in total. The number of ether oxygens (including phenoxy) is 2. The number of esters is 1. The van der Waals surface area contributed by atoms with Crippen LogP contribution in [-0.4, -0.2) is 24.7 Å². The minimum absolute atomic E-state index is 0.122. The van der Waals surface area contributed by atoms with E-state index in [9.17, 15) is 4.79 Å². The highest BCUT2D eigenvalue weighted by Gasteiger charge is 2.13. The van der Waals surface area contributed by atoms with Crippen molar-refractivity contribution in [1.82, 2.24) is 0 Å². The first-order chi connectivity index (χ1) is 9.83. The van der Waals surface area contributed by atoms with E-state index in [1.165, 1.54) is 0 Å². The van der Waals surface area contributed by atoms with Gasteiger partial charge >= 0.3 is 5.97 Å². The molecule has 0 saturated heterocycles. The van der Waals surface area contributed by atoms with E-state index in [2.05, 4.69) is 38.8 Å². The quantitative estimate of drug-likeness (QED) is 0.678. The summed E-state index contributed by atoms with van der Waals surface area (Å²) in [6.07, 6.45) is 1.57. The first-order valence-corrected chi connectivity index (χ1v) is 8.47. The fourth-order valence-corrected chi connectivity index (χ4v) is 3.25. The van der Waals surface area contributed by atoms with Crippen LogP contribution in [0.25, 0.3) is 0 Å². The zero-order chi connectivity index (χ0) is 16.0. The molecule has 0 aliphatic carbocycles. The summed E-state index contributed by atoms with van der Waals surface area (Å²) in [6, 6.07) is 4.06. The highest BCUT2D eigenvalue weighted by molar-refractivity contribution is 9.11. The van der Waals surface area contributed by atoms with Crippen LogP contribution in [-0.2, 0) is 16.0 Å². The maximum Gasteiger partial charge on any atom is 0.344 e. The minimum Gasteiger partial charge on any atom is -0.480 e. The molecule has 0 bridgehead atoms. The van der Waals surface area contributed by atoms with Crippen LogP contribution in [0.3, 0.4) is 0 Å². The molecule has 0 saturated carbocycles. The Labute approximate surface area is 142 Å². The number of hydrogen-bond acceptors (Lipinski definition) is 4. The van der Waals surface area contributed by atoms with E-state index in [-0.39, 0.29) is 24.7 Å². The Morgan fingerprint density at radius 3 is 2.33 bits per heavy atom. The van der Waals surface area contributed by atoms with E-state index in [1.807, 2.05) is 12.1 Å². The van der Waals surface area contributed by atoms with Crippen molar-refractivity contribution in [2.24, 2.45) is 5.73 Å². The summed E-state index contributed by atoms with van der Waals surface area (Å²) in [5, 5.41) is 0. The van der Waals surface area contributed by atoms with Gasteiger partial charge in [-0.05, 0) is 76.2 Å². The Bertz CT molecular complexity index is 469. The van der Waals surface area contributed by atoms with Gasteiger partial charge in [-0.3, -0.25) is 0 Å². The maximum absolute atomic E-state index is 11.5. The monoisotopic (exact) mass is 421 g/mol. The molecule has 4 nitrogen and oxygen atoms in total. The molecule has 118 valence electrons. The standard InChI is InChI=1S/C15H21Br2NO3/c1-4-11(18)5-10-6-12(16)15(13(17)7-10)20-8-14(19)21-9(2)3/h6-7,9,11H,4-5,8,18H2,1-3H3. The first-order valence-electron chi connectivity index (χ1n) is 6.89. The molecule has 0 aliphatic heterocycles. The second-order valence-electron chi connectivity index (χ2n) is 5.09. The van der Waals surface area contributed by atoms with Crippen molar-refractivity contribution in [1.29, 1.82) is 0 Å². The fraction of sp³-hybridized carbons (Fsp3) is 0.533. The van der Waals surface area contributed by atoms with Crippen molar-refractivity contribution in [3.8, 4) is 5.75 Å². The van der Waals surface area contributed by atoms with Gasteiger partial charge in [0.15, 0.2) is 6.61 Å². The van der Waals surface area contributed by atoms with Gasteiger partial charge < -0.3 is 15.2 Å². The molecule has 0 aromatic heterocycles. The predicted octanol–water partition coefficient (Wildman–Crippen LogP) is 3.82. The first kappa shape index (κ1) is 18.5. The van der Waals surface area contributed by atoms with Gasteiger partial charge in [0.05, 0.1) is 15.0 Å². The largest absolute Gasteiger partial charge is 0.480 e. The Balaban J connectivity index is 2.73. The van der Waals surface area contributed by atoms with Crippen molar-refractivity contribution in [3.63, 3.8) is 0 Å². The molecule has 1 rings (SSSR count). The zero-order valence-corrected chi connectivity index (χ0v) is 15.7. The van der Waals surface area contributed by atoms with Crippen LogP contribution in [0.15, 0.2) is 21.1 Å². The van der Waals surface area contributed by atoms with Gasteiger partial charge in [-0.25, -0.2) is 4.79 Å². The van der Waals surface area contributed by atoms with Gasteiger partial charge in [-0.15, -0.1) is 0 Å². The Morgan fingerprint density at radius 2 is 1.86 bits per heavy atom. The van der Waals surface area contributed by atoms with E-state index >= 15 is 0 Å². The molecule has 1 aromatic carbocycles.